The van der Waals surface area contributed by atoms with Crippen LogP contribution in [0.15, 0.2) is 36.9 Å². The van der Waals surface area contributed by atoms with Crippen LogP contribution in [0.5, 0.6) is 5.75 Å². The molecule has 1 amide bonds. The van der Waals surface area contributed by atoms with Crippen molar-refractivity contribution in [3.05, 3.63) is 42.5 Å². The van der Waals surface area contributed by atoms with E-state index in [1.165, 1.54) is 12.5 Å². The molecule has 5 aliphatic rings. The number of halogens is 1. The summed E-state index contributed by atoms with van der Waals surface area (Å²) in [6.07, 6.45) is 4.26. The first-order chi connectivity index (χ1) is 19.4. The molecule has 7 unspecified atom stereocenters. The summed E-state index contributed by atoms with van der Waals surface area (Å²) in [6.45, 7) is 7.15. The predicted octanol–water partition coefficient (Wildman–Crippen LogP) is 2.52. The van der Waals surface area contributed by atoms with E-state index in [0.29, 0.717) is 56.4 Å². The minimum atomic E-state index is -1.17. The fraction of sp³-hybridized carbons (Fsp3) is 0.667. The number of nitrogens with one attached hydrogen (secondary N) is 2. The van der Waals surface area contributed by atoms with Crippen molar-refractivity contribution in [2.45, 2.75) is 80.9 Å². The van der Waals surface area contributed by atoms with Crippen LogP contribution in [-0.2, 0) is 9.53 Å². The average molecular weight is 553 g/mol. The standard InChI is InChI=1S/C30H41FN6O3/c1-3-26(38)37-16-15-36(18-20(37)11-13-32)28-22-10-12-30(27(31)23-8-4-5-9-25(23)40-30)17-24(22)33-29(34-28)39-19-21-7-6-14-35(21)2/h3-5,8-9,20-22,24,27-29,33-34H,1,6-7,10-12,14-19H2,2H3/t20?,21?,22?,24?,27?,28?,29?,30-/m1/s1. The number of nitriles is 1. The van der Waals surface area contributed by atoms with Gasteiger partial charge in [0.25, 0.3) is 0 Å². The Morgan fingerprint density at radius 1 is 1.27 bits per heavy atom. The van der Waals surface area contributed by atoms with Gasteiger partial charge in [-0.2, -0.15) is 5.26 Å². The van der Waals surface area contributed by atoms with Crippen molar-refractivity contribution in [1.82, 2.24) is 25.3 Å². The quantitative estimate of drug-likeness (QED) is 0.521. The second-order valence-corrected chi connectivity index (χ2v) is 12.1. The molecule has 10 heteroatoms. The Bertz CT molecular complexity index is 1150. The van der Waals surface area contributed by atoms with Crippen LogP contribution in [0.3, 0.4) is 0 Å². The second kappa shape index (κ2) is 11.4. The zero-order valence-corrected chi connectivity index (χ0v) is 23.3. The highest BCUT2D eigenvalue weighted by atomic mass is 19.1. The Kier molecular flexibility index (Phi) is 7.85. The molecule has 1 aliphatic carbocycles. The van der Waals surface area contributed by atoms with E-state index >= 15 is 4.39 Å². The Morgan fingerprint density at radius 2 is 2.12 bits per heavy atom. The van der Waals surface area contributed by atoms with E-state index in [0.717, 1.165) is 19.4 Å². The summed E-state index contributed by atoms with van der Waals surface area (Å²) in [4.78, 5) is 19.0. The highest BCUT2D eigenvalue weighted by molar-refractivity contribution is 5.87. The lowest BCUT2D eigenvalue weighted by Gasteiger charge is -2.54. The first kappa shape index (κ1) is 27.6. The van der Waals surface area contributed by atoms with Gasteiger partial charge in [-0.25, -0.2) is 4.39 Å². The van der Waals surface area contributed by atoms with Crippen LogP contribution < -0.4 is 15.4 Å². The maximum absolute atomic E-state index is 16.0. The molecule has 40 heavy (non-hydrogen) atoms. The number of piperazine rings is 1. The van der Waals surface area contributed by atoms with E-state index in [2.05, 4.69) is 40.1 Å². The zero-order chi connectivity index (χ0) is 27.9. The van der Waals surface area contributed by atoms with E-state index in [-0.39, 0.29) is 42.8 Å². The van der Waals surface area contributed by atoms with Gasteiger partial charge in [0.1, 0.15) is 11.4 Å². The average Bonchev–Trinajstić information content (AvgIpc) is 3.50. The van der Waals surface area contributed by atoms with Gasteiger partial charge in [-0.3, -0.25) is 20.3 Å². The molecule has 4 aliphatic heterocycles. The molecule has 9 nitrogen and oxygen atoms in total. The number of carbonyl (C=O) groups excluding carboxylic acids is 1. The molecule has 8 atom stereocenters. The summed E-state index contributed by atoms with van der Waals surface area (Å²) in [5.74, 6) is 0.714. The monoisotopic (exact) mass is 552 g/mol. The number of benzene rings is 1. The molecule has 2 N–H and O–H groups in total. The van der Waals surface area contributed by atoms with Gasteiger partial charge in [0.15, 0.2) is 12.5 Å². The summed E-state index contributed by atoms with van der Waals surface area (Å²) in [6, 6.07) is 9.90. The number of alkyl halides is 1. The molecule has 0 bridgehead atoms. The molecule has 1 aromatic rings. The van der Waals surface area contributed by atoms with Crippen LogP contribution in [0.25, 0.3) is 0 Å². The summed E-state index contributed by atoms with van der Waals surface area (Å²) in [5.41, 5.74) is -0.236. The van der Waals surface area contributed by atoms with Crippen LogP contribution in [0.2, 0.25) is 0 Å². The molecule has 3 saturated heterocycles. The van der Waals surface area contributed by atoms with E-state index in [1.807, 2.05) is 24.3 Å². The van der Waals surface area contributed by atoms with Crippen molar-refractivity contribution in [2.75, 3.05) is 39.8 Å². The minimum Gasteiger partial charge on any atom is -0.483 e. The SMILES string of the molecule is C=CC(=O)N1CCN(C2NC(OCC3CCCN3C)NC3C[C@@]4(CCC32)Oc2ccccc2C4F)CC1CC#N. The largest absolute Gasteiger partial charge is 0.483 e. The van der Waals surface area contributed by atoms with Crippen molar-refractivity contribution in [2.24, 2.45) is 5.92 Å². The third-order valence-electron chi connectivity index (χ3n) is 9.86. The molecule has 0 radical (unpaired) electrons. The number of para-hydroxylation sites is 1. The highest BCUT2D eigenvalue weighted by Gasteiger charge is 2.56. The lowest BCUT2D eigenvalue weighted by atomic mass is 9.70. The molecule has 6 rings (SSSR count). The number of fused-ring (bicyclic) bond motifs is 2. The second-order valence-electron chi connectivity index (χ2n) is 12.1. The van der Waals surface area contributed by atoms with Gasteiger partial charge in [0, 0.05) is 49.6 Å². The van der Waals surface area contributed by atoms with Gasteiger partial charge >= 0.3 is 0 Å². The van der Waals surface area contributed by atoms with E-state index in [9.17, 15) is 10.1 Å². The summed E-state index contributed by atoms with van der Waals surface area (Å²) >= 11 is 0. The maximum atomic E-state index is 16.0. The van der Waals surface area contributed by atoms with Gasteiger partial charge < -0.3 is 19.3 Å². The number of ether oxygens (including phenoxy) is 2. The summed E-state index contributed by atoms with van der Waals surface area (Å²) in [7, 11) is 2.14. The molecule has 0 aromatic heterocycles. The molecule has 1 spiro atoms. The number of hydrogen-bond donors (Lipinski definition) is 2. The van der Waals surface area contributed by atoms with Crippen molar-refractivity contribution >= 4 is 5.91 Å². The number of nitrogens with zero attached hydrogens (tertiary/aromatic N) is 4. The smallest absolute Gasteiger partial charge is 0.246 e. The molecule has 1 aromatic carbocycles. The van der Waals surface area contributed by atoms with E-state index in [4.69, 9.17) is 9.47 Å². The Hall–Kier alpha value is -2.55. The minimum absolute atomic E-state index is 0.0128. The summed E-state index contributed by atoms with van der Waals surface area (Å²) in [5, 5.41) is 16.9. The topological polar surface area (TPSA) is 93.1 Å². The predicted molar refractivity (Wildman–Crippen MR) is 148 cm³/mol. The molecule has 1 saturated carbocycles. The first-order valence-electron chi connectivity index (χ1n) is 14.7. The lowest BCUT2D eigenvalue weighted by molar-refractivity contribution is -0.141. The number of rotatable bonds is 6. The fourth-order valence-electron chi connectivity index (χ4n) is 7.67. The normalized spacial score (nSPS) is 37.9. The number of hydrogen-bond acceptors (Lipinski definition) is 8. The third kappa shape index (κ3) is 5.03. The molecular weight excluding hydrogens is 511 g/mol. The maximum Gasteiger partial charge on any atom is 0.246 e. The zero-order valence-electron chi connectivity index (χ0n) is 23.3. The van der Waals surface area contributed by atoms with Crippen molar-refractivity contribution < 1.29 is 18.7 Å². The molecule has 216 valence electrons. The van der Waals surface area contributed by atoms with Crippen LogP contribution >= 0.6 is 0 Å². The number of likely N-dealkylation sites (N-methyl/N-ethyl adjacent to an activating group) is 1. The number of carbonyl (C=O) groups is 1. The van der Waals surface area contributed by atoms with Gasteiger partial charge in [0.05, 0.1) is 31.3 Å². The number of likely N-dealkylation sites (tertiary alicyclic amines) is 1. The van der Waals surface area contributed by atoms with Gasteiger partial charge in [-0.15, -0.1) is 0 Å². The third-order valence-corrected chi connectivity index (χ3v) is 9.86. The molecule has 4 fully saturated rings. The van der Waals surface area contributed by atoms with Crippen molar-refractivity contribution in [3.8, 4) is 11.8 Å². The number of amides is 1. The van der Waals surface area contributed by atoms with Crippen LogP contribution in [0.4, 0.5) is 4.39 Å². The fourth-order valence-corrected chi connectivity index (χ4v) is 7.67. The van der Waals surface area contributed by atoms with Crippen LogP contribution in [0, 0.1) is 17.2 Å². The Morgan fingerprint density at radius 3 is 2.88 bits per heavy atom. The lowest BCUT2D eigenvalue weighted by Crippen LogP contribution is -2.73. The van der Waals surface area contributed by atoms with Gasteiger partial charge in [-0.1, -0.05) is 24.8 Å². The van der Waals surface area contributed by atoms with Crippen molar-refractivity contribution in [3.63, 3.8) is 0 Å². The van der Waals surface area contributed by atoms with Crippen molar-refractivity contribution in [1.29, 1.82) is 5.26 Å². The Labute approximate surface area is 236 Å². The Balaban J connectivity index is 1.22. The molecule has 4 heterocycles. The highest BCUT2D eigenvalue weighted by Crippen LogP contribution is 2.53. The van der Waals surface area contributed by atoms with E-state index < -0.39 is 11.8 Å². The first-order valence-corrected chi connectivity index (χ1v) is 14.7. The van der Waals surface area contributed by atoms with Gasteiger partial charge in [-0.05, 0) is 51.4 Å². The van der Waals surface area contributed by atoms with Crippen LogP contribution in [0.1, 0.15) is 50.3 Å². The van der Waals surface area contributed by atoms with Gasteiger partial charge in [0.2, 0.25) is 5.91 Å². The molecular formula is C30H41FN6O3. The van der Waals surface area contributed by atoms with Crippen LogP contribution in [-0.4, -0.2) is 96.7 Å². The van der Waals surface area contributed by atoms with E-state index in [1.54, 1.807) is 4.90 Å². The summed E-state index contributed by atoms with van der Waals surface area (Å²) < 4.78 is 28.8.